The van der Waals surface area contributed by atoms with E-state index in [0.29, 0.717) is 23.4 Å². The number of halogens is 3. The van der Waals surface area contributed by atoms with Crippen molar-refractivity contribution >= 4 is 34.0 Å². The number of likely N-dealkylation sites (tertiary alicyclic amines) is 1. The zero-order valence-electron chi connectivity index (χ0n) is 15.9. The lowest BCUT2D eigenvalue weighted by atomic mass is 9.97. The van der Waals surface area contributed by atoms with E-state index in [-0.39, 0.29) is 42.5 Å². The number of carbonyl (C=O) groups excluding carboxylic acids is 3. The van der Waals surface area contributed by atoms with E-state index in [0.717, 1.165) is 11.3 Å². The van der Waals surface area contributed by atoms with E-state index in [1.54, 1.807) is 13.8 Å². The Morgan fingerprint density at radius 3 is 2.57 bits per heavy atom. The van der Waals surface area contributed by atoms with Crippen LogP contribution in [-0.4, -0.2) is 55.0 Å². The largest absolute Gasteiger partial charge is 0.462 e. The molecule has 28 heavy (non-hydrogen) atoms. The molecule has 0 saturated carbocycles. The number of anilines is 1. The summed E-state index contributed by atoms with van der Waals surface area (Å²) in [7, 11) is 0. The van der Waals surface area contributed by atoms with Gasteiger partial charge in [-0.15, -0.1) is 11.3 Å². The molecule has 1 aromatic heterocycles. The van der Waals surface area contributed by atoms with E-state index in [2.05, 4.69) is 5.32 Å². The number of carbonyl (C=O) groups is 3. The first-order valence-corrected chi connectivity index (χ1v) is 9.76. The molecule has 1 N–H and O–H groups in total. The number of piperidine rings is 1. The van der Waals surface area contributed by atoms with Crippen molar-refractivity contribution in [3.05, 3.63) is 16.0 Å². The van der Waals surface area contributed by atoms with E-state index in [9.17, 15) is 27.6 Å². The fourth-order valence-corrected chi connectivity index (χ4v) is 4.33. The highest BCUT2D eigenvalue weighted by Crippen LogP contribution is 2.35. The van der Waals surface area contributed by atoms with Crippen LogP contribution < -0.4 is 5.32 Å². The number of amides is 1. The van der Waals surface area contributed by atoms with Crippen LogP contribution in [0.4, 0.5) is 18.2 Å². The highest BCUT2D eigenvalue weighted by Gasteiger charge is 2.42. The van der Waals surface area contributed by atoms with Crippen LogP contribution in [0, 0.1) is 12.8 Å². The lowest BCUT2D eigenvalue weighted by Crippen LogP contribution is -2.44. The molecule has 0 aromatic carbocycles. The van der Waals surface area contributed by atoms with Gasteiger partial charge in [0.2, 0.25) is 5.91 Å². The third-order valence-corrected chi connectivity index (χ3v) is 5.84. The molecule has 0 bridgehead atoms. The topological polar surface area (TPSA) is 75.7 Å². The van der Waals surface area contributed by atoms with E-state index in [1.807, 2.05) is 0 Å². The molecule has 10 heteroatoms. The van der Waals surface area contributed by atoms with Crippen LogP contribution in [0.3, 0.4) is 0 Å². The molecule has 1 aliphatic heterocycles. The number of rotatable bonds is 6. The van der Waals surface area contributed by atoms with Crippen LogP contribution >= 0.6 is 11.3 Å². The lowest BCUT2D eigenvalue weighted by molar-refractivity contribution is -0.186. The van der Waals surface area contributed by atoms with Gasteiger partial charge in [-0.25, -0.2) is 4.79 Å². The van der Waals surface area contributed by atoms with Gasteiger partial charge in [0.15, 0.2) is 5.78 Å². The molecule has 0 spiro atoms. The van der Waals surface area contributed by atoms with Gasteiger partial charge >= 0.3 is 12.1 Å². The van der Waals surface area contributed by atoms with Crippen molar-refractivity contribution in [3.8, 4) is 0 Å². The molecule has 1 aliphatic rings. The van der Waals surface area contributed by atoms with Crippen LogP contribution in [0.1, 0.15) is 52.3 Å². The Morgan fingerprint density at radius 2 is 2.00 bits per heavy atom. The predicted octanol–water partition coefficient (Wildman–Crippen LogP) is 3.65. The second-order valence-corrected chi connectivity index (χ2v) is 7.72. The SMILES string of the molecule is CCOC(=O)c1c(NC(=O)CN2CCC[C@H](C(F)(F)F)C2)sc(C(C)=O)c1C. The molecular weight excluding hydrogens is 397 g/mol. The molecular formula is C18H23F3N2O4S. The average Bonchev–Trinajstić information content (AvgIpc) is 2.90. The highest BCUT2D eigenvalue weighted by molar-refractivity contribution is 7.18. The second-order valence-electron chi connectivity index (χ2n) is 6.70. The molecule has 156 valence electrons. The molecule has 1 aromatic rings. The van der Waals surface area contributed by atoms with Crippen molar-refractivity contribution in [2.45, 2.75) is 39.8 Å². The van der Waals surface area contributed by atoms with E-state index in [1.165, 1.54) is 11.8 Å². The monoisotopic (exact) mass is 420 g/mol. The average molecular weight is 420 g/mol. The number of alkyl halides is 3. The lowest BCUT2D eigenvalue weighted by Gasteiger charge is -2.33. The molecule has 0 radical (unpaired) electrons. The zero-order chi connectivity index (χ0) is 21.1. The molecule has 0 unspecified atom stereocenters. The Morgan fingerprint density at radius 1 is 1.32 bits per heavy atom. The fourth-order valence-electron chi connectivity index (χ4n) is 3.22. The third-order valence-electron chi connectivity index (χ3n) is 4.53. The van der Waals surface area contributed by atoms with E-state index < -0.39 is 24.0 Å². The molecule has 1 saturated heterocycles. The predicted molar refractivity (Wildman–Crippen MR) is 98.9 cm³/mol. The van der Waals surface area contributed by atoms with Crippen molar-refractivity contribution in [1.29, 1.82) is 0 Å². The smallest absolute Gasteiger partial charge is 0.393 e. The summed E-state index contributed by atoms with van der Waals surface area (Å²) in [4.78, 5) is 38.2. The molecule has 1 fully saturated rings. The summed E-state index contributed by atoms with van der Waals surface area (Å²) in [6.45, 7) is 4.65. The van der Waals surface area contributed by atoms with Crippen molar-refractivity contribution in [2.24, 2.45) is 5.92 Å². The minimum absolute atomic E-state index is 0.0563. The maximum Gasteiger partial charge on any atom is 0.393 e. The standard InChI is InChI=1S/C18H23F3N2O4S/c1-4-27-17(26)14-10(2)15(11(3)24)28-16(14)22-13(25)9-23-7-5-6-12(8-23)18(19,20)21/h12H,4-9H2,1-3H3,(H,22,25)/t12-/m0/s1. The summed E-state index contributed by atoms with van der Waals surface area (Å²) < 4.78 is 43.8. The van der Waals surface area contributed by atoms with Crippen molar-refractivity contribution in [2.75, 3.05) is 31.6 Å². The van der Waals surface area contributed by atoms with Crippen LogP contribution in [0.25, 0.3) is 0 Å². The highest BCUT2D eigenvalue weighted by atomic mass is 32.1. The Bertz CT molecular complexity index is 761. The first kappa shape index (κ1) is 22.4. The number of ether oxygens (including phenoxy) is 1. The summed E-state index contributed by atoms with van der Waals surface area (Å²) in [5.74, 6) is -2.89. The summed E-state index contributed by atoms with van der Waals surface area (Å²) in [5, 5.41) is 2.75. The third kappa shape index (κ3) is 5.32. The van der Waals surface area contributed by atoms with Crippen LogP contribution in [0.5, 0.6) is 0 Å². The van der Waals surface area contributed by atoms with Crippen molar-refractivity contribution in [3.63, 3.8) is 0 Å². The number of thiophene rings is 1. The van der Waals surface area contributed by atoms with Gasteiger partial charge in [-0.2, -0.15) is 13.2 Å². The number of nitrogens with one attached hydrogen (secondary N) is 1. The van der Waals surface area contributed by atoms with Gasteiger partial charge in [-0.3, -0.25) is 14.5 Å². The van der Waals surface area contributed by atoms with Crippen LogP contribution in [-0.2, 0) is 9.53 Å². The Kier molecular flexibility index (Phi) is 7.22. The van der Waals surface area contributed by atoms with Crippen LogP contribution in [0.15, 0.2) is 0 Å². The number of ketones is 1. The van der Waals surface area contributed by atoms with Crippen LogP contribution in [0.2, 0.25) is 0 Å². The summed E-state index contributed by atoms with van der Waals surface area (Å²) >= 11 is 0.963. The Labute approximate surface area is 165 Å². The number of hydrogen-bond acceptors (Lipinski definition) is 6. The van der Waals surface area contributed by atoms with E-state index >= 15 is 0 Å². The van der Waals surface area contributed by atoms with E-state index in [4.69, 9.17) is 4.74 Å². The molecule has 1 amide bonds. The maximum atomic E-state index is 12.9. The number of esters is 1. The Balaban J connectivity index is 2.14. The normalized spacial score (nSPS) is 18.0. The minimum Gasteiger partial charge on any atom is -0.462 e. The number of nitrogens with zero attached hydrogens (tertiary/aromatic N) is 1. The first-order valence-electron chi connectivity index (χ1n) is 8.94. The van der Waals surface area contributed by atoms with Crippen molar-refractivity contribution in [1.82, 2.24) is 4.90 Å². The Hall–Kier alpha value is -1.94. The summed E-state index contributed by atoms with van der Waals surface area (Å²) in [5.41, 5.74) is 0.526. The van der Waals surface area contributed by atoms with Gasteiger partial charge in [-0.05, 0) is 45.7 Å². The van der Waals surface area contributed by atoms with Crippen molar-refractivity contribution < 1.29 is 32.3 Å². The van der Waals surface area contributed by atoms with Gasteiger partial charge in [0, 0.05) is 6.54 Å². The fraction of sp³-hybridized carbons (Fsp3) is 0.611. The molecule has 2 rings (SSSR count). The second kappa shape index (κ2) is 9.04. The van der Waals surface area contributed by atoms with Gasteiger partial charge < -0.3 is 10.1 Å². The quantitative estimate of drug-likeness (QED) is 0.562. The maximum absolute atomic E-state index is 12.9. The minimum atomic E-state index is -4.28. The van der Waals surface area contributed by atoms with Gasteiger partial charge in [0.25, 0.3) is 0 Å². The summed E-state index contributed by atoms with van der Waals surface area (Å²) in [6.07, 6.45) is -3.87. The molecule has 0 aliphatic carbocycles. The molecule has 6 nitrogen and oxygen atoms in total. The number of Topliss-reactive ketones (excluding diaryl/α,β-unsaturated/α-hetero) is 1. The number of hydrogen-bond donors (Lipinski definition) is 1. The zero-order valence-corrected chi connectivity index (χ0v) is 16.8. The first-order chi connectivity index (χ1) is 13.0. The van der Waals surface area contributed by atoms with Gasteiger partial charge in [-0.1, -0.05) is 0 Å². The van der Waals surface area contributed by atoms with Gasteiger partial charge in [0.05, 0.1) is 29.5 Å². The van der Waals surface area contributed by atoms with Gasteiger partial charge in [0.1, 0.15) is 5.00 Å². The summed E-state index contributed by atoms with van der Waals surface area (Å²) in [6, 6.07) is 0. The molecule has 1 atom stereocenters. The molecule has 2 heterocycles.